The van der Waals surface area contributed by atoms with Gasteiger partial charge in [0.2, 0.25) is 0 Å². The zero-order chi connectivity index (χ0) is 72.5. The molecule has 564 valence electrons. The highest BCUT2D eigenvalue weighted by molar-refractivity contribution is 8.54. The monoisotopic (exact) mass is 1540 g/mol. The predicted molar refractivity (Wildman–Crippen MR) is 367 cm³/mol. The van der Waals surface area contributed by atoms with Crippen LogP contribution in [0, 0.1) is 5.41 Å². The topological polar surface area (TPSA) is 519 Å². The van der Waals surface area contributed by atoms with Crippen LogP contribution < -0.4 is 17.2 Å². The van der Waals surface area contributed by atoms with E-state index in [9.17, 15) is 43.2 Å². The van der Waals surface area contributed by atoms with Crippen molar-refractivity contribution in [1.82, 2.24) is 58.6 Å². The minimum Gasteiger partial charge on any atom is -0.464 e. The highest BCUT2D eigenvalue weighted by atomic mass is 32.7. The number of carbonyl (C=O) groups is 1. The van der Waals surface area contributed by atoms with Gasteiger partial charge in [0, 0.05) is 19.5 Å². The Hall–Kier alpha value is -4.51. The molecule has 0 amide bonds. The van der Waals surface area contributed by atoms with Crippen LogP contribution in [0.1, 0.15) is 142 Å². The number of hydrogen-bond acceptors (Lipinski definition) is 33. The normalized spacial score (nSPS) is 25.1. The smallest absolute Gasteiger partial charge is 0.464 e. The van der Waals surface area contributed by atoms with E-state index in [1.54, 1.807) is 0 Å². The third-order valence-corrected chi connectivity index (χ3v) is 23.6. The Morgan fingerprint density at radius 2 is 1.11 bits per heavy atom. The maximum absolute atomic E-state index is 14.2. The molecule has 0 radical (unpaired) electrons. The number of fused-ring (bicyclic) bond motifs is 3. The number of ether oxygens (including phenoxy) is 6. The van der Waals surface area contributed by atoms with E-state index < -0.39 is 134 Å². The number of carbonyl (C=O) groups excluding carboxylic acids is 1. The molecule has 44 heteroatoms. The molecule has 38 nitrogen and oxygen atoms in total. The number of aliphatic hydroxyl groups excluding tert-OH is 2. The molecule has 0 aromatic carbocycles. The van der Waals surface area contributed by atoms with Crippen LogP contribution in [0.4, 0.5) is 17.5 Å². The van der Waals surface area contributed by atoms with Crippen molar-refractivity contribution in [2.75, 3.05) is 82.9 Å². The van der Waals surface area contributed by atoms with E-state index in [4.69, 9.17) is 94.2 Å². The van der Waals surface area contributed by atoms with E-state index in [2.05, 4.69) is 51.8 Å². The highest BCUT2D eigenvalue weighted by Gasteiger charge is 2.54. The van der Waals surface area contributed by atoms with Gasteiger partial charge < -0.3 is 79.9 Å². The third kappa shape index (κ3) is 21.8. The summed E-state index contributed by atoms with van der Waals surface area (Å²) in [5, 5.41) is 21.1. The minimum absolute atomic E-state index is 0.0207. The van der Waals surface area contributed by atoms with Gasteiger partial charge in [0.05, 0.1) is 64.0 Å². The number of nitrogen functional groups attached to an aromatic ring is 3. The molecule has 9 rings (SSSR count). The molecule has 101 heavy (non-hydrogen) atoms. The van der Waals surface area contributed by atoms with Crippen molar-refractivity contribution in [1.29, 1.82) is 0 Å². The molecule has 9 heterocycles. The lowest BCUT2D eigenvalue weighted by atomic mass is 9.87. The fourth-order valence-electron chi connectivity index (χ4n) is 11.8. The second-order valence-electron chi connectivity index (χ2n) is 24.8. The van der Waals surface area contributed by atoms with Crippen molar-refractivity contribution >= 4 is 109 Å². The molecule has 6 aromatic heterocycles. The maximum atomic E-state index is 14.2. The number of esters is 1. The molecule has 3 aliphatic rings. The lowest BCUT2D eigenvalue weighted by molar-refractivity contribution is -0.153. The van der Waals surface area contributed by atoms with Gasteiger partial charge >= 0.3 is 35.1 Å². The molecule has 3 fully saturated rings. The van der Waals surface area contributed by atoms with Crippen LogP contribution in [0.2, 0.25) is 0 Å². The van der Waals surface area contributed by atoms with Crippen molar-refractivity contribution in [3.05, 3.63) is 38.0 Å². The van der Waals surface area contributed by atoms with Gasteiger partial charge in [0.15, 0.2) is 53.1 Å². The third-order valence-electron chi connectivity index (χ3n) is 17.0. The molecule has 0 spiro atoms. The number of imidazole rings is 3. The van der Waals surface area contributed by atoms with Crippen molar-refractivity contribution in [2.24, 2.45) is 5.41 Å². The van der Waals surface area contributed by atoms with E-state index in [1.165, 1.54) is 117 Å². The first-order chi connectivity index (χ1) is 48.3. The summed E-state index contributed by atoms with van der Waals surface area (Å²) in [6.07, 6.45) is 9.33. The first kappa shape index (κ1) is 80.6. The Morgan fingerprint density at radius 1 is 0.604 bits per heavy atom. The number of aliphatic hydroxyl groups is 2. The van der Waals surface area contributed by atoms with Gasteiger partial charge in [0.1, 0.15) is 91.0 Å². The average molecular weight is 1540 g/mol. The van der Waals surface area contributed by atoms with Crippen LogP contribution in [0.3, 0.4) is 0 Å². The lowest BCUT2D eigenvalue weighted by Crippen LogP contribution is -2.38. The lowest BCUT2D eigenvalue weighted by Gasteiger charge is -2.27. The van der Waals surface area contributed by atoms with Gasteiger partial charge in [-0.25, -0.2) is 58.6 Å². The summed E-state index contributed by atoms with van der Waals surface area (Å²) in [4.78, 5) is 95.3. The summed E-state index contributed by atoms with van der Waals surface area (Å²) in [6.45, 7) is -6.75. The van der Waals surface area contributed by atoms with Gasteiger partial charge in [-0.15, -0.1) is 0 Å². The Morgan fingerprint density at radius 3 is 1.65 bits per heavy atom. The molecule has 0 saturated carbocycles. The number of phosphoric ester groups is 2. The maximum Gasteiger partial charge on any atom is 0.472 e. The number of phosphoric acid groups is 2. The standard InChI is InChI=1S/C57H91N15O23P4S2/c1-5-6-7-8-9-10-11-12-13-14-15-16-17-18-20-57(2,3)56(75)85-25-26-101-98(80,81)93-38-27-86-53(70-33-67-39-47(58)61-30-64-50(39)70)44(38)84-22-19-23-88-99(82,100)95-45-42(74)36(91-54(45)71-34-68-40-48(59)62-31-65-51(40)71)28-90-97(78,79)94-46-43(83-4)37(29-89-96(76,77)87-24-21-73)92-55(46)72-35-69-41-49(60)63-32-66-52(41)72/h30-38,42-46,53-55,73-74H,5-29H2,1-4H3,(H,76,77)(H,78,79)(H,80,81)(H,82,100)(H2,58,61,64)(H2,59,62,65)(H2,60,63,66)/t36-,37-,38+,42+,43+,44?,45?,46?,53-,54-,55-,99?/m1/s1. The van der Waals surface area contributed by atoms with E-state index in [1.807, 2.05) is 13.8 Å². The fraction of sp³-hybridized carbons (Fsp3) is 0.719. The second kappa shape index (κ2) is 37.2. The van der Waals surface area contributed by atoms with Crippen molar-refractivity contribution in [2.45, 2.75) is 191 Å². The van der Waals surface area contributed by atoms with E-state index in [-0.39, 0.29) is 89.5 Å². The number of hydrogen-bond donors (Lipinski definition) is 9. The Balaban J connectivity index is 0.797. The van der Waals surface area contributed by atoms with Crippen LogP contribution in [0.15, 0.2) is 38.0 Å². The number of nitrogens with two attached hydrogens (primary N) is 3. The minimum atomic E-state index is -5.37. The Kier molecular flexibility index (Phi) is 29.6. The van der Waals surface area contributed by atoms with Gasteiger partial charge in [-0.1, -0.05) is 96.8 Å². The second-order valence-corrected chi connectivity index (χ2v) is 34.4. The molecular weight excluding hydrogens is 1450 g/mol. The van der Waals surface area contributed by atoms with Gasteiger partial charge in [-0.3, -0.25) is 45.6 Å². The molecule has 6 aromatic rings. The summed E-state index contributed by atoms with van der Waals surface area (Å²) in [7, 11) is -8.96. The Bertz CT molecular complexity index is 3850. The highest BCUT2D eigenvalue weighted by Crippen LogP contribution is 2.58. The fourth-order valence-corrected chi connectivity index (χ4v) is 17.3. The number of unbranched alkanes of at least 4 members (excludes halogenated alkanes) is 13. The first-order valence-corrected chi connectivity index (χ1v) is 41.9. The molecular formula is C57H91N15O23P4S2. The van der Waals surface area contributed by atoms with Crippen LogP contribution >= 0.6 is 40.5 Å². The molecule has 7 unspecified atom stereocenters. The van der Waals surface area contributed by atoms with Gasteiger partial charge in [0.25, 0.3) is 0 Å². The molecule has 0 aliphatic carbocycles. The number of aromatic nitrogens is 12. The Labute approximate surface area is 590 Å². The van der Waals surface area contributed by atoms with E-state index in [0.29, 0.717) is 17.8 Å². The summed E-state index contributed by atoms with van der Waals surface area (Å²) in [5.41, 5.74) is 18.3. The summed E-state index contributed by atoms with van der Waals surface area (Å²) >= 11 is 6.06. The van der Waals surface area contributed by atoms with Gasteiger partial charge in [-0.2, -0.15) is 0 Å². The average Bonchev–Trinajstić information content (AvgIpc) is 1.64. The predicted octanol–water partition coefficient (Wildman–Crippen LogP) is 6.63. The molecule has 12 N–H and O–H groups in total. The first-order valence-electron chi connectivity index (χ1n) is 33.2. The largest absolute Gasteiger partial charge is 0.472 e. The molecule has 0 bridgehead atoms. The van der Waals surface area contributed by atoms with Crippen LogP contribution in [0.25, 0.3) is 33.5 Å². The summed E-state index contributed by atoms with van der Waals surface area (Å²) in [5.74, 6) is -0.455. The molecule has 3 aliphatic heterocycles. The number of methoxy groups -OCH3 is 1. The number of nitrogens with zero attached hydrogens (tertiary/aromatic N) is 12. The molecule has 3 saturated heterocycles. The van der Waals surface area contributed by atoms with E-state index >= 15 is 0 Å². The van der Waals surface area contributed by atoms with Gasteiger partial charge in [-0.05, 0) is 49.9 Å². The quantitative estimate of drug-likeness (QED) is 0.0110. The van der Waals surface area contributed by atoms with Crippen LogP contribution in [0.5, 0.6) is 0 Å². The van der Waals surface area contributed by atoms with E-state index in [0.717, 1.165) is 31.9 Å². The number of rotatable bonds is 45. The summed E-state index contributed by atoms with van der Waals surface area (Å²) in [6, 6.07) is 0. The zero-order valence-electron chi connectivity index (χ0n) is 56.3. The van der Waals surface area contributed by atoms with Crippen molar-refractivity contribution in [3.8, 4) is 0 Å². The van der Waals surface area contributed by atoms with Crippen LogP contribution in [-0.2, 0) is 90.4 Å². The van der Waals surface area contributed by atoms with Crippen molar-refractivity contribution < 1.29 is 108 Å². The van der Waals surface area contributed by atoms with Crippen molar-refractivity contribution in [3.63, 3.8) is 0 Å². The van der Waals surface area contributed by atoms with Crippen LogP contribution in [-0.4, -0.2) is 209 Å². The summed E-state index contributed by atoms with van der Waals surface area (Å²) < 4.78 is 119. The zero-order valence-corrected chi connectivity index (χ0v) is 61.5. The number of anilines is 3. The molecule has 15 atom stereocenters. The SMILES string of the molecule is CCCCCCCCCCCCCCCCC(C)(C)C(=O)OCCSP(=O)(O)O[C@H]1CO[C@@H](n2cnc3c(N)ncnc32)C1OCCCOP(O)(=S)OC1[C@@H](O)[C@@H](COP(=O)(O)OC2[C@@H](OC)[C@@H](COP(=O)(O)OCCO)O[C@H]2n2cnc3c(N)ncnc32)O[C@H]1n1cnc2c(N)ncnc21.